The van der Waals surface area contributed by atoms with E-state index in [9.17, 15) is 0 Å². The van der Waals surface area contributed by atoms with Crippen LogP contribution in [0, 0.1) is 6.92 Å². The number of ether oxygens (including phenoxy) is 1. The lowest BCUT2D eigenvalue weighted by atomic mass is 10.1. The predicted octanol–water partition coefficient (Wildman–Crippen LogP) is 4.38. The fourth-order valence-corrected chi connectivity index (χ4v) is 2.89. The van der Waals surface area contributed by atoms with Gasteiger partial charge in [0.1, 0.15) is 11.5 Å². The Balaban J connectivity index is 2.10. The highest BCUT2D eigenvalue weighted by molar-refractivity contribution is 5.79. The van der Waals surface area contributed by atoms with Crippen molar-refractivity contribution in [1.29, 1.82) is 0 Å². The highest BCUT2D eigenvalue weighted by Gasteiger charge is 2.18. The van der Waals surface area contributed by atoms with E-state index < -0.39 is 0 Å². The van der Waals surface area contributed by atoms with Crippen LogP contribution in [0.3, 0.4) is 0 Å². The highest BCUT2D eigenvalue weighted by atomic mass is 16.5. The first-order chi connectivity index (χ1) is 11.8. The third-order valence-corrected chi connectivity index (χ3v) is 3.98. The van der Waals surface area contributed by atoms with Crippen LogP contribution in [0.4, 0.5) is 0 Å². The van der Waals surface area contributed by atoms with Gasteiger partial charge in [0.2, 0.25) is 5.88 Å². The molecule has 0 amide bonds. The zero-order valence-electron chi connectivity index (χ0n) is 13.6. The van der Waals surface area contributed by atoms with Gasteiger partial charge < -0.3 is 4.74 Å². The number of methoxy groups -OCH3 is 1. The fourth-order valence-electron chi connectivity index (χ4n) is 2.89. The van der Waals surface area contributed by atoms with E-state index >= 15 is 0 Å². The Hall–Kier alpha value is -3.14. The van der Waals surface area contributed by atoms with Crippen LogP contribution in [0.1, 0.15) is 5.69 Å². The summed E-state index contributed by atoms with van der Waals surface area (Å²) in [4.78, 5) is 9.63. The summed E-state index contributed by atoms with van der Waals surface area (Å²) in [5.41, 5.74) is 4.63. The molecule has 0 radical (unpaired) electrons. The topological polar surface area (TPSA) is 39.4 Å². The molecule has 0 atom stereocenters. The lowest BCUT2D eigenvalue weighted by Gasteiger charge is -2.08. The molecule has 2 heterocycles. The molecule has 0 fully saturated rings. The van der Waals surface area contributed by atoms with E-state index in [2.05, 4.69) is 0 Å². The summed E-state index contributed by atoms with van der Waals surface area (Å²) in [6.07, 6.45) is 0. The minimum atomic E-state index is 0.728. The third kappa shape index (κ3) is 2.33. The fraction of sp³-hybridized carbons (Fsp3) is 0.100. The van der Waals surface area contributed by atoms with Crippen LogP contribution in [0.25, 0.3) is 28.3 Å². The second-order valence-corrected chi connectivity index (χ2v) is 5.61. The summed E-state index contributed by atoms with van der Waals surface area (Å²) >= 11 is 0. The Kier molecular flexibility index (Phi) is 3.50. The summed E-state index contributed by atoms with van der Waals surface area (Å²) in [5, 5.41) is 0. The van der Waals surface area contributed by atoms with Crippen molar-refractivity contribution in [2.75, 3.05) is 7.11 Å². The second-order valence-electron chi connectivity index (χ2n) is 5.61. The van der Waals surface area contributed by atoms with Crippen LogP contribution in [-0.2, 0) is 0 Å². The Morgan fingerprint density at radius 2 is 1.46 bits per heavy atom. The SMILES string of the molecule is COc1cc(C)nc2c(-c3ccccc3)nc(-c3ccccc3)n12. The molecule has 24 heavy (non-hydrogen) atoms. The second kappa shape index (κ2) is 5.81. The maximum atomic E-state index is 5.60. The van der Waals surface area contributed by atoms with Crippen molar-refractivity contribution in [2.45, 2.75) is 6.92 Å². The Morgan fingerprint density at radius 3 is 2.08 bits per heavy atom. The van der Waals surface area contributed by atoms with E-state index in [-0.39, 0.29) is 0 Å². The van der Waals surface area contributed by atoms with Gasteiger partial charge in [0, 0.05) is 22.9 Å². The average molecular weight is 315 g/mol. The van der Waals surface area contributed by atoms with Crippen molar-refractivity contribution >= 4 is 5.65 Å². The number of benzene rings is 2. The van der Waals surface area contributed by atoms with E-state index in [1.165, 1.54) is 0 Å². The molecule has 2 aromatic heterocycles. The van der Waals surface area contributed by atoms with Gasteiger partial charge in [-0.05, 0) is 6.92 Å². The van der Waals surface area contributed by atoms with Gasteiger partial charge in [0.25, 0.3) is 0 Å². The number of imidazole rings is 1. The number of hydrogen-bond acceptors (Lipinski definition) is 3. The summed E-state index contributed by atoms with van der Waals surface area (Å²) in [7, 11) is 1.67. The van der Waals surface area contributed by atoms with Gasteiger partial charge in [0.05, 0.1) is 7.11 Å². The molecule has 4 heteroatoms. The monoisotopic (exact) mass is 315 g/mol. The number of fused-ring (bicyclic) bond motifs is 1. The van der Waals surface area contributed by atoms with Gasteiger partial charge in [-0.1, -0.05) is 60.7 Å². The van der Waals surface area contributed by atoms with Crippen molar-refractivity contribution in [2.24, 2.45) is 0 Å². The molecule has 0 saturated heterocycles. The first-order valence-corrected chi connectivity index (χ1v) is 7.83. The average Bonchev–Trinajstić information content (AvgIpc) is 3.02. The number of hydrogen-bond donors (Lipinski definition) is 0. The van der Waals surface area contributed by atoms with Crippen LogP contribution in [-0.4, -0.2) is 21.5 Å². The molecule has 0 aliphatic carbocycles. The molecule has 2 aromatic carbocycles. The molecule has 4 nitrogen and oxygen atoms in total. The van der Waals surface area contributed by atoms with Gasteiger partial charge in [-0.3, -0.25) is 0 Å². The quantitative estimate of drug-likeness (QED) is 0.563. The number of aryl methyl sites for hydroxylation is 1. The molecule has 0 N–H and O–H groups in total. The van der Waals surface area contributed by atoms with Crippen LogP contribution >= 0.6 is 0 Å². The van der Waals surface area contributed by atoms with Crippen LogP contribution < -0.4 is 4.74 Å². The predicted molar refractivity (Wildman–Crippen MR) is 95.1 cm³/mol. The Morgan fingerprint density at radius 1 is 0.833 bits per heavy atom. The van der Waals surface area contributed by atoms with Crippen molar-refractivity contribution in [3.8, 4) is 28.5 Å². The minimum Gasteiger partial charge on any atom is -0.482 e. The lowest BCUT2D eigenvalue weighted by molar-refractivity contribution is 0.391. The van der Waals surface area contributed by atoms with Gasteiger partial charge >= 0.3 is 0 Å². The summed E-state index contributed by atoms with van der Waals surface area (Å²) in [6, 6.07) is 22.1. The maximum absolute atomic E-state index is 5.60. The number of rotatable bonds is 3. The van der Waals surface area contributed by atoms with Crippen molar-refractivity contribution in [3.05, 3.63) is 72.4 Å². The van der Waals surface area contributed by atoms with Gasteiger partial charge in [-0.15, -0.1) is 0 Å². The van der Waals surface area contributed by atoms with E-state index in [1.807, 2.05) is 78.1 Å². The molecule has 118 valence electrons. The Labute approximate surface area is 140 Å². The number of aromatic nitrogens is 3. The van der Waals surface area contributed by atoms with Crippen LogP contribution in [0.15, 0.2) is 66.7 Å². The van der Waals surface area contributed by atoms with Crippen LogP contribution in [0.2, 0.25) is 0 Å². The summed E-state index contributed by atoms with van der Waals surface area (Å²) in [6.45, 7) is 1.96. The standard InChI is InChI=1S/C20H17N3O/c1-14-13-17(24-2)23-19(16-11-7-4-8-12-16)22-18(20(23)21-14)15-9-5-3-6-10-15/h3-13H,1-2H3. The molecule has 0 bridgehead atoms. The first kappa shape index (κ1) is 14.5. The summed E-state index contributed by atoms with van der Waals surface area (Å²) < 4.78 is 7.58. The minimum absolute atomic E-state index is 0.728. The zero-order valence-corrected chi connectivity index (χ0v) is 13.6. The molecular weight excluding hydrogens is 298 g/mol. The molecule has 0 aliphatic heterocycles. The van der Waals surface area contributed by atoms with Gasteiger partial charge in [-0.25, -0.2) is 14.4 Å². The number of nitrogens with zero attached hydrogens (tertiary/aromatic N) is 3. The zero-order chi connectivity index (χ0) is 16.5. The molecule has 4 rings (SSSR count). The normalized spacial score (nSPS) is 10.9. The van der Waals surface area contributed by atoms with E-state index in [0.717, 1.165) is 39.9 Å². The van der Waals surface area contributed by atoms with E-state index in [0.29, 0.717) is 0 Å². The molecule has 4 aromatic rings. The van der Waals surface area contributed by atoms with Crippen LogP contribution in [0.5, 0.6) is 5.88 Å². The highest BCUT2D eigenvalue weighted by Crippen LogP contribution is 2.32. The maximum Gasteiger partial charge on any atom is 0.202 e. The van der Waals surface area contributed by atoms with Gasteiger partial charge in [0.15, 0.2) is 5.65 Å². The first-order valence-electron chi connectivity index (χ1n) is 7.83. The molecule has 0 unspecified atom stereocenters. The van der Waals surface area contributed by atoms with Gasteiger partial charge in [-0.2, -0.15) is 0 Å². The molecule has 0 saturated carbocycles. The third-order valence-electron chi connectivity index (χ3n) is 3.98. The van der Waals surface area contributed by atoms with Crippen molar-refractivity contribution in [1.82, 2.24) is 14.4 Å². The molecular formula is C20H17N3O. The molecule has 0 spiro atoms. The largest absolute Gasteiger partial charge is 0.482 e. The molecule has 0 aliphatic rings. The van der Waals surface area contributed by atoms with Crippen molar-refractivity contribution in [3.63, 3.8) is 0 Å². The van der Waals surface area contributed by atoms with E-state index in [4.69, 9.17) is 14.7 Å². The van der Waals surface area contributed by atoms with E-state index in [1.54, 1.807) is 7.11 Å². The summed E-state index contributed by atoms with van der Waals surface area (Å²) in [5.74, 6) is 1.56. The lowest BCUT2D eigenvalue weighted by Crippen LogP contribution is -1.99. The Bertz CT molecular complexity index is 992. The smallest absolute Gasteiger partial charge is 0.202 e. The van der Waals surface area contributed by atoms with Crippen molar-refractivity contribution < 1.29 is 4.74 Å².